The van der Waals surface area contributed by atoms with Gasteiger partial charge in [-0.1, -0.05) is 37.3 Å². The molecule has 4 rings (SSSR count). The molecule has 1 aliphatic rings. The number of halogens is 1. The van der Waals surface area contributed by atoms with Crippen LogP contribution in [-0.2, 0) is 4.79 Å². The largest absolute Gasteiger partial charge is 0.343 e. The summed E-state index contributed by atoms with van der Waals surface area (Å²) >= 11 is 1.50. The Morgan fingerprint density at radius 3 is 2.55 bits per heavy atom. The molecule has 2 aromatic carbocycles. The van der Waals surface area contributed by atoms with Gasteiger partial charge in [0.15, 0.2) is 0 Å². The van der Waals surface area contributed by atoms with Gasteiger partial charge in [0, 0.05) is 42.1 Å². The van der Waals surface area contributed by atoms with Crippen molar-refractivity contribution < 1.29 is 14.0 Å². The monoisotopic (exact) mass is 437 g/mol. The minimum Gasteiger partial charge on any atom is -0.343 e. The molecule has 0 aliphatic carbocycles. The maximum Gasteiger partial charge on any atom is 0.275 e. The molecule has 5 nitrogen and oxygen atoms in total. The van der Waals surface area contributed by atoms with Gasteiger partial charge in [0.1, 0.15) is 11.5 Å². The summed E-state index contributed by atoms with van der Waals surface area (Å²) in [6.07, 6.45) is 2.27. The van der Waals surface area contributed by atoms with E-state index >= 15 is 0 Å². The van der Waals surface area contributed by atoms with E-state index in [2.05, 4.69) is 10.3 Å². The number of thiazole rings is 1. The van der Waals surface area contributed by atoms with Crippen LogP contribution in [0.5, 0.6) is 0 Å². The van der Waals surface area contributed by atoms with E-state index in [0.29, 0.717) is 17.8 Å². The summed E-state index contributed by atoms with van der Waals surface area (Å²) in [6, 6.07) is 13.6. The second-order valence-electron chi connectivity index (χ2n) is 7.59. The Hall–Kier alpha value is -3.06. The highest BCUT2D eigenvalue weighted by Crippen LogP contribution is 2.32. The number of para-hydroxylation sites is 1. The lowest BCUT2D eigenvalue weighted by Crippen LogP contribution is -2.37. The third-order valence-electron chi connectivity index (χ3n) is 5.58. The fourth-order valence-electron chi connectivity index (χ4n) is 3.84. The number of piperidine rings is 1. The molecule has 0 unspecified atom stereocenters. The van der Waals surface area contributed by atoms with Crippen LogP contribution < -0.4 is 5.32 Å². The zero-order chi connectivity index (χ0) is 21.8. The quantitative estimate of drug-likeness (QED) is 0.588. The van der Waals surface area contributed by atoms with Crippen molar-refractivity contribution in [3.8, 4) is 11.1 Å². The van der Waals surface area contributed by atoms with Gasteiger partial charge < -0.3 is 10.2 Å². The molecule has 3 aromatic rings. The molecule has 0 bridgehead atoms. The van der Waals surface area contributed by atoms with Crippen LogP contribution in [0.2, 0.25) is 0 Å². The Morgan fingerprint density at radius 1 is 1.13 bits per heavy atom. The van der Waals surface area contributed by atoms with Crippen molar-refractivity contribution in [1.29, 1.82) is 0 Å². The average molecular weight is 438 g/mol. The van der Waals surface area contributed by atoms with Crippen LogP contribution in [0.4, 0.5) is 10.1 Å². The summed E-state index contributed by atoms with van der Waals surface area (Å²) in [5.74, 6) is -0.0998. The number of hydrogen-bond acceptors (Lipinski definition) is 4. The summed E-state index contributed by atoms with van der Waals surface area (Å²) in [5, 5.41) is 5.68. The van der Waals surface area contributed by atoms with E-state index in [4.69, 9.17) is 0 Å². The molecule has 1 fully saturated rings. The Morgan fingerprint density at radius 2 is 1.84 bits per heavy atom. The predicted octanol–water partition coefficient (Wildman–Crippen LogP) is 5.32. The van der Waals surface area contributed by atoms with E-state index in [-0.39, 0.29) is 23.5 Å². The Bertz CT molecular complexity index is 1070. The van der Waals surface area contributed by atoms with Crippen molar-refractivity contribution in [3.05, 3.63) is 70.4 Å². The fourth-order valence-corrected chi connectivity index (χ4v) is 4.81. The number of likely N-dealkylation sites (tertiary alicyclic amines) is 1. The minimum absolute atomic E-state index is 0.192. The van der Waals surface area contributed by atoms with Crippen LogP contribution >= 0.6 is 11.3 Å². The number of aromatic nitrogens is 1. The molecule has 0 saturated carbocycles. The highest BCUT2D eigenvalue weighted by molar-refractivity contribution is 7.10. The molecule has 1 saturated heterocycles. The molecule has 2 heterocycles. The average Bonchev–Trinajstić information content (AvgIpc) is 3.30. The van der Waals surface area contributed by atoms with Crippen LogP contribution in [0, 0.1) is 5.82 Å². The number of rotatable bonds is 5. The summed E-state index contributed by atoms with van der Waals surface area (Å²) < 4.78 is 13.3. The van der Waals surface area contributed by atoms with Gasteiger partial charge in [-0.3, -0.25) is 9.59 Å². The van der Waals surface area contributed by atoms with Crippen molar-refractivity contribution in [2.24, 2.45) is 0 Å². The summed E-state index contributed by atoms with van der Waals surface area (Å²) in [4.78, 5) is 31.2. The third kappa shape index (κ3) is 4.82. The molecular formula is C24H24FN3O2S. The molecule has 0 atom stereocenters. The van der Waals surface area contributed by atoms with Gasteiger partial charge in [0.05, 0.1) is 5.01 Å². The second kappa shape index (κ2) is 9.39. The lowest BCUT2D eigenvalue weighted by Gasteiger charge is -2.30. The van der Waals surface area contributed by atoms with E-state index in [1.165, 1.54) is 23.5 Å². The molecule has 1 aliphatic heterocycles. The minimum atomic E-state index is -0.301. The number of benzene rings is 2. The van der Waals surface area contributed by atoms with Crippen LogP contribution in [0.25, 0.3) is 11.1 Å². The van der Waals surface area contributed by atoms with E-state index in [1.807, 2.05) is 36.1 Å². The highest BCUT2D eigenvalue weighted by atomic mass is 32.1. The Labute approximate surface area is 184 Å². The van der Waals surface area contributed by atoms with Gasteiger partial charge in [0.25, 0.3) is 5.91 Å². The summed E-state index contributed by atoms with van der Waals surface area (Å²) in [5.41, 5.74) is 2.69. The van der Waals surface area contributed by atoms with Crippen molar-refractivity contribution in [3.63, 3.8) is 0 Å². The zero-order valence-electron chi connectivity index (χ0n) is 17.3. The number of carbonyl (C=O) groups is 2. The SMILES string of the molecule is CCC(=O)N1CCC(c2nc(C(=O)Nc3ccccc3-c3ccc(F)cc3)cs2)CC1. The first kappa shape index (κ1) is 21.2. The Kier molecular flexibility index (Phi) is 6.42. The van der Waals surface area contributed by atoms with Crippen molar-refractivity contribution in [1.82, 2.24) is 9.88 Å². The molecule has 160 valence electrons. The van der Waals surface area contributed by atoms with Crippen molar-refractivity contribution in [2.75, 3.05) is 18.4 Å². The molecule has 2 amide bonds. The van der Waals surface area contributed by atoms with E-state index < -0.39 is 0 Å². The fraction of sp³-hybridized carbons (Fsp3) is 0.292. The number of nitrogens with one attached hydrogen (secondary N) is 1. The third-order valence-corrected chi connectivity index (χ3v) is 6.59. The topological polar surface area (TPSA) is 62.3 Å². The zero-order valence-corrected chi connectivity index (χ0v) is 18.1. The molecular weight excluding hydrogens is 413 g/mol. The number of carbonyl (C=O) groups excluding carboxylic acids is 2. The Balaban J connectivity index is 1.45. The molecule has 7 heteroatoms. The van der Waals surface area contributed by atoms with Crippen LogP contribution in [0.15, 0.2) is 53.9 Å². The van der Waals surface area contributed by atoms with E-state index in [9.17, 15) is 14.0 Å². The van der Waals surface area contributed by atoms with Gasteiger partial charge in [-0.15, -0.1) is 11.3 Å². The number of amides is 2. The van der Waals surface area contributed by atoms with Gasteiger partial charge in [0.2, 0.25) is 5.91 Å². The summed E-state index contributed by atoms with van der Waals surface area (Å²) in [6.45, 7) is 3.36. The van der Waals surface area contributed by atoms with Crippen molar-refractivity contribution >= 4 is 28.8 Å². The molecule has 1 N–H and O–H groups in total. The van der Waals surface area contributed by atoms with Crippen LogP contribution in [-0.4, -0.2) is 34.8 Å². The first-order valence-corrected chi connectivity index (χ1v) is 11.3. The van der Waals surface area contributed by atoms with Gasteiger partial charge in [-0.25, -0.2) is 9.37 Å². The second-order valence-corrected chi connectivity index (χ2v) is 8.48. The molecule has 31 heavy (non-hydrogen) atoms. The van der Waals surface area contributed by atoms with Gasteiger partial charge in [-0.2, -0.15) is 0 Å². The number of hydrogen-bond donors (Lipinski definition) is 1. The van der Waals surface area contributed by atoms with E-state index in [1.54, 1.807) is 17.5 Å². The van der Waals surface area contributed by atoms with Crippen LogP contribution in [0.3, 0.4) is 0 Å². The smallest absolute Gasteiger partial charge is 0.275 e. The number of nitrogens with zero attached hydrogens (tertiary/aromatic N) is 2. The highest BCUT2D eigenvalue weighted by Gasteiger charge is 2.25. The normalized spacial score (nSPS) is 14.5. The van der Waals surface area contributed by atoms with Crippen LogP contribution in [0.1, 0.15) is 47.6 Å². The van der Waals surface area contributed by atoms with Gasteiger partial charge in [-0.05, 0) is 36.6 Å². The van der Waals surface area contributed by atoms with Gasteiger partial charge >= 0.3 is 0 Å². The summed E-state index contributed by atoms with van der Waals surface area (Å²) in [7, 11) is 0. The van der Waals surface area contributed by atoms with Crippen molar-refractivity contribution in [2.45, 2.75) is 32.1 Å². The first-order chi connectivity index (χ1) is 15.0. The van der Waals surface area contributed by atoms with E-state index in [0.717, 1.165) is 42.1 Å². The maximum atomic E-state index is 13.3. The maximum absolute atomic E-state index is 13.3. The molecule has 0 radical (unpaired) electrons. The lowest BCUT2D eigenvalue weighted by molar-refractivity contribution is -0.131. The standard InChI is InChI=1S/C24H24FN3O2S/c1-2-22(29)28-13-11-17(12-14-28)24-27-21(15-31-24)23(30)26-20-6-4-3-5-19(20)16-7-9-18(25)10-8-16/h3-10,15,17H,2,11-14H2,1H3,(H,26,30). The lowest BCUT2D eigenvalue weighted by atomic mass is 9.97. The molecule has 1 aromatic heterocycles. The molecule has 0 spiro atoms. The first-order valence-electron chi connectivity index (χ1n) is 10.4. The number of anilines is 1. The predicted molar refractivity (Wildman–Crippen MR) is 121 cm³/mol.